The predicted molar refractivity (Wildman–Crippen MR) is 90.8 cm³/mol. The summed E-state index contributed by atoms with van der Waals surface area (Å²) in [6.07, 6.45) is -1.99. The van der Waals surface area contributed by atoms with Gasteiger partial charge in [0.05, 0.1) is 11.6 Å². The van der Waals surface area contributed by atoms with Crippen molar-refractivity contribution in [1.82, 2.24) is 5.32 Å². The minimum absolute atomic E-state index is 0.413. The molecule has 1 aromatic carbocycles. The third-order valence-electron chi connectivity index (χ3n) is 3.31. The minimum Gasteiger partial charge on any atom is -0.456 e. The molecule has 0 bridgehead atoms. The van der Waals surface area contributed by atoms with Crippen molar-refractivity contribution in [1.29, 1.82) is 0 Å². The number of hydrogen-bond donors (Lipinski definition) is 2. The van der Waals surface area contributed by atoms with E-state index in [-0.39, 0.29) is 0 Å². The number of hydrogen-bond acceptors (Lipinski definition) is 5. The normalized spacial score (nSPS) is 15.1. The Bertz CT molecular complexity index is 538. The lowest BCUT2D eigenvalue weighted by Crippen LogP contribution is -2.49. The van der Waals surface area contributed by atoms with E-state index in [4.69, 9.17) is 9.47 Å². The standard InChI is InChI=1S/C18H27NO5/c1-6-14(23-16(21)13-10-8-7-9-11-13)15(20)12(2)19-17(22)24-18(3,4)5/h7-12,14-15,20H,6H2,1-5H3,(H,19,22)/t12-,14+,15+/m1/s1. The summed E-state index contributed by atoms with van der Waals surface area (Å²) in [5.41, 5.74) is -0.213. The summed E-state index contributed by atoms with van der Waals surface area (Å²) in [4.78, 5) is 23.9. The van der Waals surface area contributed by atoms with Gasteiger partial charge >= 0.3 is 12.1 Å². The maximum Gasteiger partial charge on any atom is 0.407 e. The van der Waals surface area contributed by atoms with Gasteiger partial charge in [-0.15, -0.1) is 0 Å². The molecule has 0 aromatic heterocycles. The van der Waals surface area contributed by atoms with Crippen LogP contribution in [0.3, 0.4) is 0 Å². The molecule has 2 N–H and O–H groups in total. The number of nitrogens with one attached hydrogen (secondary N) is 1. The third kappa shape index (κ3) is 6.58. The first kappa shape index (κ1) is 20.0. The number of carbonyl (C=O) groups excluding carboxylic acids is 2. The highest BCUT2D eigenvalue weighted by atomic mass is 16.6. The summed E-state index contributed by atoms with van der Waals surface area (Å²) in [5.74, 6) is -0.508. The molecule has 0 unspecified atom stereocenters. The number of aliphatic hydroxyl groups is 1. The van der Waals surface area contributed by atoms with Crippen LogP contribution in [-0.2, 0) is 9.47 Å². The van der Waals surface area contributed by atoms with E-state index in [1.807, 2.05) is 0 Å². The highest BCUT2D eigenvalue weighted by molar-refractivity contribution is 5.89. The van der Waals surface area contributed by atoms with Crippen molar-refractivity contribution in [3.05, 3.63) is 35.9 Å². The Morgan fingerprint density at radius 2 is 1.79 bits per heavy atom. The van der Waals surface area contributed by atoms with E-state index in [2.05, 4.69) is 5.32 Å². The topological polar surface area (TPSA) is 84.9 Å². The molecular formula is C18H27NO5. The summed E-state index contributed by atoms with van der Waals surface area (Å²) in [5, 5.41) is 12.9. The van der Waals surface area contributed by atoms with Crippen LogP contribution in [0.15, 0.2) is 30.3 Å². The number of esters is 1. The minimum atomic E-state index is -1.05. The van der Waals surface area contributed by atoms with Gasteiger partial charge in [0, 0.05) is 0 Å². The Hall–Kier alpha value is -2.08. The first-order valence-corrected chi connectivity index (χ1v) is 8.07. The third-order valence-corrected chi connectivity index (χ3v) is 3.31. The van der Waals surface area contributed by atoms with Gasteiger partial charge < -0.3 is 19.9 Å². The van der Waals surface area contributed by atoms with Crippen molar-refractivity contribution < 1.29 is 24.2 Å². The number of rotatable bonds is 6. The number of benzene rings is 1. The van der Waals surface area contributed by atoms with Crippen molar-refractivity contribution in [3.63, 3.8) is 0 Å². The molecule has 0 saturated carbocycles. The van der Waals surface area contributed by atoms with Gasteiger partial charge in [0.1, 0.15) is 17.8 Å². The fourth-order valence-corrected chi connectivity index (χ4v) is 2.08. The molecule has 3 atom stereocenters. The zero-order valence-electron chi connectivity index (χ0n) is 14.9. The summed E-state index contributed by atoms with van der Waals surface area (Å²) in [6, 6.07) is 7.93. The average molecular weight is 337 g/mol. The average Bonchev–Trinajstić information content (AvgIpc) is 2.50. The van der Waals surface area contributed by atoms with Crippen LogP contribution in [-0.4, -0.2) is 41.0 Å². The van der Waals surface area contributed by atoms with Crippen LogP contribution < -0.4 is 5.32 Å². The Balaban J connectivity index is 2.63. The fraction of sp³-hybridized carbons (Fsp3) is 0.556. The SMILES string of the molecule is CC[C@H](OC(=O)c1ccccc1)[C@@H](O)[C@@H](C)NC(=O)OC(C)(C)C. The number of amides is 1. The van der Waals surface area contributed by atoms with Gasteiger partial charge in [-0.05, 0) is 46.2 Å². The summed E-state index contributed by atoms with van der Waals surface area (Å²) >= 11 is 0. The largest absolute Gasteiger partial charge is 0.456 e. The molecule has 1 aromatic rings. The van der Waals surface area contributed by atoms with E-state index in [1.54, 1.807) is 65.0 Å². The van der Waals surface area contributed by atoms with Crippen molar-refractivity contribution in [2.75, 3.05) is 0 Å². The van der Waals surface area contributed by atoms with Gasteiger partial charge in [0.25, 0.3) is 0 Å². The van der Waals surface area contributed by atoms with Crippen molar-refractivity contribution >= 4 is 12.1 Å². The number of carbonyl (C=O) groups is 2. The molecule has 24 heavy (non-hydrogen) atoms. The molecule has 1 rings (SSSR count). The fourth-order valence-electron chi connectivity index (χ4n) is 2.08. The van der Waals surface area contributed by atoms with Gasteiger partial charge in [-0.1, -0.05) is 25.1 Å². The van der Waals surface area contributed by atoms with Gasteiger partial charge in [-0.3, -0.25) is 0 Å². The van der Waals surface area contributed by atoms with Crippen LogP contribution >= 0.6 is 0 Å². The lowest BCUT2D eigenvalue weighted by molar-refractivity contribution is -0.0318. The predicted octanol–water partition coefficient (Wildman–Crippen LogP) is 2.90. The van der Waals surface area contributed by atoms with E-state index in [1.165, 1.54) is 0 Å². The molecule has 6 heteroatoms. The van der Waals surface area contributed by atoms with E-state index >= 15 is 0 Å². The lowest BCUT2D eigenvalue weighted by Gasteiger charge is -2.28. The molecule has 0 aliphatic carbocycles. The van der Waals surface area contributed by atoms with E-state index in [9.17, 15) is 14.7 Å². The molecular weight excluding hydrogens is 310 g/mol. The molecule has 0 aliphatic heterocycles. The molecule has 0 aliphatic rings. The van der Waals surface area contributed by atoms with Gasteiger partial charge in [0.2, 0.25) is 0 Å². The van der Waals surface area contributed by atoms with E-state index < -0.39 is 35.9 Å². The second kappa shape index (κ2) is 8.68. The highest BCUT2D eigenvalue weighted by Gasteiger charge is 2.29. The zero-order valence-corrected chi connectivity index (χ0v) is 14.9. The van der Waals surface area contributed by atoms with E-state index in [0.717, 1.165) is 0 Å². The molecule has 0 saturated heterocycles. The first-order chi connectivity index (χ1) is 11.1. The Labute approximate surface area is 143 Å². The van der Waals surface area contributed by atoms with Crippen LogP contribution in [0.2, 0.25) is 0 Å². The van der Waals surface area contributed by atoms with E-state index in [0.29, 0.717) is 12.0 Å². The molecule has 0 radical (unpaired) electrons. The van der Waals surface area contributed by atoms with Crippen molar-refractivity contribution in [2.45, 2.75) is 64.9 Å². The van der Waals surface area contributed by atoms with Crippen molar-refractivity contribution in [2.24, 2.45) is 0 Å². The molecule has 0 heterocycles. The van der Waals surface area contributed by atoms with Gasteiger partial charge in [0.15, 0.2) is 0 Å². The van der Waals surface area contributed by atoms with Crippen LogP contribution in [0, 0.1) is 0 Å². The van der Waals surface area contributed by atoms with Crippen molar-refractivity contribution in [3.8, 4) is 0 Å². The van der Waals surface area contributed by atoms with Crippen LogP contribution in [0.1, 0.15) is 51.4 Å². The molecule has 0 fully saturated rings. The Morgan fingerprint density at radius 1 is 1.21 bits per heavy atom. The second-order valence-corrected chi connectivity index (χ2v) is 6.64. The van der Waals surface area contributed by atoms with Crippen LogP contribution in [0.25, 0.3) is 0 Å². The maximum atomic E-state index is 12.1. The van der Waals surface area contributed by atoms with Gasteiger partial charge in [-0.25, -0.2) is 9.59 Å². The Kier molecular flexibility index (Phi) is 7.22. The molecule has 0 spiro atoms. The Morgan fingerprint density at radius 3 is 2.29 bits per heavy atom. The second-order valence-electron chi connectivity index (χ2n) is 6.64. The number of alkyl carbamates (subject to hydrolysis) is 1. The number of aliphatic hydroxyl groups excluding tert-OH is 1. The molecule has 1 amide bonds. The first-order valence-electron chi connectivity index (χ1n) is 8.07. The van der Waals surface area contributed by atoms with Crippen LogP contribution in [0.4, 0.5) is 4.79 Å². The maximum absolute atomic E-state index is 12.1. The monoisotopic (exact) mass is 337 g/mol. The summed E-state index contributed by atoms with van der Waals surface area (Å²) < 4.78 is 10.5. The quantitative estimate of drug-likeness (QED) is 0.780. The summed E-state index contributed by atoms with van der Waals surface area (Å²) in [6.45, 7) is 8.69. The highest BCUT2D eigenvalue weighted by Crippen LogP contribution is 2.13. The molecule has 6 nitrogen and oxygen atoms in total. The molecule has 134 valence electrons. The lowest BCUT2D eigenvalue weighted by atomic mass is 10.0. The zero-order chi connectivity index (χ0) is 18.3. The van der Waals surface area contributed by atoms with Gasteiger partial charge in [-0.2, -0.15) is 0 Å². The number of ether oxygens (including phenoxy) is 2. The van der Waals surface area contributed by atoms with Crippen LogP contribution in [0.5, 0.6) is 0 Å². The summed E-state index contributed by atoms with van der Waals surface area (Å²) in [7, 11) is 0. The smallest absolute Gasteiger partial charge is 0.407 e.